The lowest BCUT2D eigenvalue weighted by Crippen LogP contribution is -2.30. The molecule has 1 aromatic carbocycles. The van der Waals surface area contributed by atoms with E-state index < -0.39 is 4.92 Å². The largest absolute Gasteiger partial charge is 0.467 e. The van der Waals surface area contributed by atoms with Crippen molar-refractivity contribution < 1.29 is 14.1 Å². The zero-order chi connectivity index (χ0) is 17.6. The maximum Gasteiger partial charge on any atom is 0.269 e. The van der Waals surface area contributed by atoms with E-state index in [9.17, 15) is 14.9 Å². The van der Waals surface area contributed by atoms with Crippen LogP contribution in [0.2, 0.25) is 0 Å². The molecule has 126 valence electrons. The minimum atomic E-state index is -0.496. The second-order valence-electron chi connectivity index (χ2n) is 5.41. The zero-order valence-corrected chi connectivity index (χ0v) is 13.2. The number of nitrogens with zero attached hydrogens (tertiary/aromatic N) is 3. The van der Waals surface area contributed by atoms with Gasteiger partial charge in [0.05, 0.1) is 17.7 Å². The van der Waals surface area contributed by atoms with Crippen LogP contribution in [0, 0.1) is 10.1 Å². The van der Waals surface area contributed by atoms with Crippen molar-refractivity contribution in [3.05, 3.63) is 94.2 Å². The Balaban J connectivity index is 1.84. The van der Waals surface area contributed by atoms with Crippen LogP contribution in [0.25, 0.3) is 0 Å². The molecule has 2 heterocycles. The fourth-order valence-corrected chi connectivity index (χ4v) is 2.41. The molecule has 0 N–H and O–H groups in total. The molecule has 0 bridgehead atoms. The Morgan fingerprint density at radius 1 is 1.12 bits per heavy atom. The number of non-ortho nitro benzene ring substituents is 1. The van der Waals surface area contributed by atoms with Gasteiger partial charge in [-0.15, -0.1) is 0 Å². The van der Waals surface area contributed by atoms with Gasteiger partial charge in [0.25, 0.3) is 11.6 Å². The van der Waals surface area contributed by atoms with E-state index in [0.717, 1.165) is 5.56 Å². The van der Waals surface area contributed by atoms with Crippen LogP contribution >= 0.6 is 0 Å². The van der Waals surface area contributed by atoms with Crippen molar-refractivity contribution in [2.75, 3.05) is 0 Å². The molecular formula is C18H15N3O4. The highest BCUT2D eigenvalue weighted by molar-refractivity contribution is 5.94. The van der Waals surface area contributed by atoms with Crippen LogP contribution in [0.4, 0.5) is 5.69 Å². The van der Waals surface area contributed by atoms with Crippen molar-refractivity contribution in [2.45, 2.75) is 13.1 Å². The quantitative estimate of drug-likeness (QED) is 0.508. The van der Waals surface area contributed by atoms with Gasteiger partial charge in [-0.05, 0) is 35.9 Å². The minimum absolute atomic E-state index is 0.0543. The zero-order valence-electron chi connectivity index (χ0n) is 13.2. The predicted octanol–water partition coefficient (Wildman–Crippen LogP) is 3.43. The van der Waals surface area contributed by atoms with Crippen LogP contribution in [-0.2, 0) is 13.1 Å². The first-order valence-corrected chi connectivity index (χ1v) is 7.58. The van der Waals surface area contributed by atoms with Gasteiger partial charge >= 0.3 is 0 Å². The number of hydrogen-bond acceptors (Lipinski definition) is 5. The molecule has 0 spiro atoms. The molecule has 0 atom stereocenters. The van der Waals surface area contributed by atoms with E-state index in [0.29, 0.717) is 17.9 Å². The van der Waals surface area contributed by atoms with Crippen molar-refractivity contribution in [2.24, 2.45) is 0 Å². The molecule has 0 saturated carbocycles. The lowest BCUT2D eigenvalue weighted by atomic mass is 10.1. The molecule has 0 aliphatic heterocycles. The molecule has 25 heavy (non-hydrogen) atoms. The van der Waals surface area contributed by atoms with Gasteiger partial charge in [0, 0.05) is 36.6 Å². The van der Waals surface area contributed by atoms with Crippen molar-refractivity contribution in [1.29, 1.82) is 0 Å². The molecule has 3 aromatic rings. The average molecular weight is 337 g/mol. The summed E-state index contributed by atoms with van der Waals surface area (Å²) in [6.07, 6.45) is 4.91. The number of pyridine rings is 1. The van der Waals surface area contributed by atoms with Crippen molar-refractivity contribution >= 4 is 11.6 Å². The van der Waals surface area contributed by atoms with E-state index in [1.54, 1.807) is 41.8 Å². The summed E-state index contributed by atoms with van der Waals surface area (Å²) >= 11 is 0. The Hall–Kier alpha value is -3.48. The van der Waals surface area contributed by atoms with Crippen LogP contribution in [0.3, 0.4) is 0 Å². The summed E-state index contributed by atoms with van der Waals surface area (Å²) in [4.78, 5) is 28.8. The molecule has 0 aliphatic rings. The number of benzene rings is 1. The molecule has 0 aliphatic carbocycles. The first kappa shape index (κ1) is 16.4. The number of carbonyl (C=O) groups is 1. The first-order chi connectivity index (χ1) is 12.1. The number of furan rings is 1. The van der Waals surface area contributed by atoms with Gasteiger partial charge in [-0.2, -0.15) is 0 Å². The molecule has 0 radical (unpaired) electrons. The predicted molar refractivity (Wildman–Crippen MR) is 89.6 cm³/mol. The third-order valence-corrected chi connectivity index (χ3v) is 3.64. The second kappa shape index (κ2) is 7.39. The highest BCUT2D eigenvalue weighted by Crippen LogP contribution is 2.17. The fraction of sp³-hybridized carbons (Fsp3) is 0.111. The average Bonchev–Trinajstić information content (AvgIpc) is 3.14. The summed E-state index contributed by atoms with van der Waals surface area (Å²) < 4.78 is 5.34. The molecule has 3 rings (SSSR count). The molecule has 0 fully saturated rings. The van der Waals surface area contributed by atoms with E-state index in [1.807, 2.05) is 6.07 Å². The Morgan fingerprint density at radius 3 is 2.52 bits per heavy atom. The SMILES string of the molecule is O=C(c1ccc([N+](=O)[O-])cc1)N(Cc1cccnc1)Cc1ccco1. The van der Waals surface area contributed by atoms with Crippen LogP contribution in [0.5, 0.6) is 0 Å². The summed E-state index contributed by atoms with van der Waals surface area (Å²) in [6, 6.07) is 12.8. The molecule has 0 saturated heterocycles. The van der Waals surface area contributed by atoms with Gasteiger partial charge in [0.2, 0.25) is 0 Å². The number of hydrogen-bond donors (Lipinski definition) is 0. The number of aromatic nitrogens is 1. The summed E-state index contributed by atoms with van der Waals surface area (Å²) in [7, 11) is 0. The normalized spacial score (nSPS) is 10.4. The van der Waals surface area contributed by atoms with Gasteiger partial charge < -0.3 is 9.32 Å². The Morgan fingerprint density at radius 2 is 1.92 bits per heavy atom. The topological polar surface area (TPSA) is 89.5 Å². The third-order valence-electron chi connectivity index (χ3n) is 3.64. The molecular weight excluding hydrogens is 322 g/mol. The Bertz CT molecular complexity index is 846. The number of carbonyl (C=O) groups excluding carboxylic acids is 1. The lowest BCUT2D eigenvalue weighted by molar-refractivity contribution is -0.384. The van der Waals surface area contributed by atoms with Crippen LogP contribution in [0.1, 0.15) is 21.7 Å². The van der Waals surface area contributed by atoms with Gasteiger partial charge in [0.15, 0.2) is 0 Å². The highest BCUT2D eigenvalue weighted by Gasteiger charge is 2.19. The summed E-state index contributed by atoms with van der Waals surface area (Å²) in [5, 5.41) is 10.8. The molecule has 1 amide bonds. The smallest absolute Gasteiger partial charge is 0.269 e. The lowest BCUT2D eigenvalue weighted by Gasteiger charge is -2.21. The van der Waals surface area contributed by atoms with Crippen molar-refractivity contribution in [1.82, 2.24) is 9.88 Å². The number of amides is 1. The van der Waals surface area contributed by atoms with Crippen molar-refractivity contribution in [3.63, 3.8) is 0 Å². The van der Waals surface area contributed by atoms with Gasteiger partial charge in [-0.25, -0.2) is 0 Å². The maximum atomic E-state index is 12.9. The Kier molecular flexibility index (Phi) is 4.84. The van der Waals surface area contributed by atoms with E-state index in [4.69, 9.17) is 4.42 Å². The number of nitro groups is 1. The van der Waals surface area contributed by atoms with Gasteiger partial charge in [-0.1, -0.05) is 6.07 Å². The number of nitro benzene ring substituents is 1. The third kappa shape index (κ3) is 4.08. The minimum Gasteiger partial charge on any atom is -0.467 e. The first-order valence-electron chi connectivity index (χ1n) is 7.58. The molecule has 0 unspecified atom stereocenters. The maximum absolute atomic E-state index is 12.9. The van der Waals surface area contributed by atoms with E-state index in [1.165, 1.54) is 24.3 Å². The summed E-state index contributed by atoms with van der Waals surface area (Å²) in [5.41, 5.74) is 1.20. The standard InChI is InChI=1S/C18H15N3O4/c22-18(15-5-7-16(8-6-15)21(23)24)20(13-17-4-2-10-25-17)12-14-3-1-9-19-11-14/h1-11H,12-13H2. The fourth-order valence-electron chi connectivity index (χ4n) is 2.41. The monoisotopic (exact) mass is 337 g/mol. The van der Waals surface area contributed by atoms with Gasteiger partial charge in [-0.3, -0.25) is 19.9 Å². The van der Waals surface area contributed by atoms with Crippen LogP contribution in [0.15, 0.2) is 71.6 Å². The van der Waals surface area contributed by atoms with Crippen LogP contribution < -0.4 is 0 Å². The number of rotatable bonds is 6. The van der Waals surface area contributed by atoms with E-state index in [-0.39, 0.29) is 18.1 Å². The van der Waals surface area contributed by atoms with Crippen LogP contribution in [-0.4, -0.2) is 20.7 Å². The van der Waals surface area contributed by atoms with Gasteiger partial charge in [0.1, 0.15) is 5.76 Å². The van der Waals surface area contributed by atoms with E-state index >= 15 is 0 Å². The van der Waals surface area contributed by atoms with Crippen molar-refractivity contribution in [3.8, 4) is 0 Å². The summed E-state index contributed by atoms with van der Waals surface area (Å²) in [5.74, 6) is 0.411. The Labute approximate surface area is 143 Å². The molecule has 2 aromatic heterocycles. The molecule has 7 nitrogen and oxygen atoms in total. The summed E-state index contributed by atoms with van der Waals surface area (Å²) in [6.45, 7) is 0.641. The van der Waals surface area contributed by atoms with E-state index in [2.05, 4.69) is 4.98 Å². The second-order valence-corrected chi connectivity index (χ2v) is 5.41. The highest BCUT2D eigenvalue weighted by atomic mass is 16.6. The molecule has 7 heteroatoms.